The third-order valence-corrected chi connectivity index (χ3v) is 3.96. The van der Waals surface area contributed by atoms with Crippen LogP contribution in [-0.4, -0.2) is 5.11 Å². The molecule has 0 aliphatic rings. The van der Waals surface area contributed by atoms with E-state index in [0.717, 1.165) is 21.2 Å². The number of benzene rings is 2. The van der Waals surface area contributed by atoms with E-state index in [1.165, 1.54) is 0 Å². The summed E-state index contributed by atoms with van der Waals surface area (Å²) >= 11 is 8.46. The molecular formula is C15H15ClINO. The SMILES string of the molecule is CCC(Nc1ccc(I)cc1Cl)c1ccccc1O. The number of anilines is 1. The predicted octanol–water partition coefficient (Wildman–Crippen LogP) is 5.21. The van der Waals surface area contributed by atoms with Crippen molar-refractivity contribution in [1.82, 2.24) is 0 Å². The Hall–Kier alpha value is -0.940. The number of phenolic OH excluding ortho intramolecular Hbond substituents is 1. The van der Waals surface area contributed by atoms with Crippen LogP contribution in [0.1, 0.15) is 24.9 Å². The zero-order valence-corrected chi connectivity index (χ0v) is 13.4. The summed E-state index contributed by atoms with van der Waals surface area (Å²) in [5, 5.41) is 14.0. The molecule has 2 aromatic carbocycles. The second-order valence-electron chi connectivity index (χ2n) is 4.29. The summed E-state index contributed by atoms with van der Waals surface area (Å²) < 4.78 is 1.10. The lowest BCUT2D eigenvalue weighted by Gasteiger charge is -2.20. The molecule has 2 aromatic rings. The fraction of sp³-hybridized carbons (Fsp3) is 0.200. The average molecular weight is 388 g/mol. The normalized spacial score (nSPS) is 12.2. The number of para-hydroxylation sites is 1. The van der Waals surface area contributed by atoms with E-state index in [4.69, 9.17) is 11.6 Å². The third-order valence-electron chi connectivity index (χ3n) is 2.98. The zero-order chi connectivity index (χ0) is 13.8. The molecule has 19 heavy (non-hydrogen) atoms. The molecule has 0 radical (unpaired) electrons. The second-order valence-corrected chi connectivity index (χ2v) is 5.94. The maximum absolute atomic E-state index is 9.93. The van der Waals surface area contributed by atoms with Gasteiger partial charge in [0, 0.05) is 9.13 Å². The number of nitrogens with one attached hydrogen (secondary N) is 1. The number of phenols is 1. The molecule has 4 heteroatoms. The first-order valence-corrected chi connectivity index (χ1v) is 7.57. The van der Waals surface area contributed by atoms with Gasteiger partial charge in [0.1, 0.15) is 5.75 Å². The van der Waals surface area contributed by atoms with Gasteiger partial charge in [0.05, 0.1) is 16.8 Å². The van der Waals surface area contributed by atoms with E-state index in [1.807, 2.05) is 36.4 Å². The van der Waals surface area contributed by atoms with Gasteiger partial charge >= 0.3 is 0 Å². The van der Waals surface area contributed by atoms with Crippen LogP contribution in [0.25, 0.3) is 0 Å². The van der Waals surface area contributed by atoms with E-state index in [9.17, 15) is 5.11 Å². The van der Waals surface area contributed by atoms with Gasteiger partial charge in [-0.2, -0.15) is 0 Å². The summed E-state index contributed by atoms with van der Waals surface area (Å²) in [7, 11) is 0. The van der Waals surface area contributed by atoms with Gasteiger partial charge in [-0.05, 0) is 53.3 Å². The number of hydrogen-bond acceptors (Lipinski definition) is 2. The number of rotatable bonds is 4. The van der Waals surface area contributed by atoms with E-state index in [1.54, 1.807) is 6.07 Å². The van der Waals surface area contributed by atoms with E-state index in [2.05, 4.69) is 34.8 Å². The molecule has 0 aromatic heterocycles. The minimum Gasteiger partial charge on any atom is -0.508 e. The lowest BCUT2D eigenvalue weighted by molar-refractivity contribution is 0.463. The van der Waals surface area contributed by atoms with Gasteiger partial charge in [0.2, 0.25) is 0 Å². The Labute approximate surface area is 131 Å². The van der Waals surface area contributed by atoms with Crippen molar-refractivity contribution in [2.24, 2.45) is 0 Å². The van der Waals surface area contributed by atoms with Gasteiger partial charge < -0.3 is 10.4 Å². The average Bonchev–Trinajstić information content (AvgIpc) is 2.39. The van der Waals surface area contributed by atoms with Gasteiger partial charge in [0.25, 0.3) is 0 Å². The molecule has 0 saturated carbocycles. The topological polar surface area (TPSA) is 32.3 Å². The molecule has 2 nitrogen and oxygen atoms in total. The van der Waals surface area contributed by atoms with Crippen molar-refractivity contribution in [3.05, 3.63) is 56.6 Å². The van der Waals surface area contributed by atoms with Crippen LogP contribution in [0, 0.1) is 3.57 Å². The predicted molar refractivity (Wildman–Crippen MR) is 88.9 cm³/mol. The summed E-state index contributed by atoms with van der Waals surface area (Å²) in [6.07, 6.45) is 0.861. The van der Waals surface area contributed by atoms with Crippen LogP contribution >= 0.6 is 34.2 Å². The second kappa shape index (κ2) is 6.48. The van der Waals surface area contributed by atoms with E-state index in [-0.39, 0.29) is 6.04 Å². The molecule has 1 unspecified atom stereocenters. The molecule has 0 fully saturated rings. The first kappa shape index (κ1) is 14.5. The maximum Gasteiger partial charge on any atom is 0.120 e. The van der Waals surface area contributed by atoms with Gasteiger partial charge in [-0.3, -0.25) is 0 Å². The van der Waals surface area contributed by atoms with Gasteiger partial charge in [0.15, 0.2) is 0 Å². The van der Waals surface area contributed by atoms with Gasteiger partial charge in [-0.15, -0.1) is 0 Å². The monoisotopic (exact) mass is 387 g/mol. The molecule has 0 bridgehead atoms. The molecule has 0 saturated heterocycles. The van der Waals surface area contributed by atoms with Crippen LogP contribution in [0.3, 0.4) is 0 Å². The Bertz CT molecular complexity index is 574. The highest BCUT2D eigenvalue weighted by Gasteiger charge is 2.14. The van der Waals surface area contributed by atoms with Gasteiger partial charge in [-0.1, -0.05) is 36.7 Å². The molecule has 1 atom stereocenters. The summed E-state index contributed by atoms with van der Waals surface area (Å²) in [4.78, 5) is 0. The molecule has 0 spiro atoms. The maximum atomic E-state index is 9.93. The highest BCUT2D eigenvalue weighted by molar-refractivity contribution is 14.1. The van der Waals surface area contributed by atoms with E-state index < -0.39 is 0 Å². The highest BCUT2D eigenvalue weighted by atomic mass is 127. The minimum absolute atomic E-state index is 0.0405. The molecule has 2 N–H and O–H groups in total. The number of aromatic hydroxyl groups is 1. The van der Waals surface area contributed by atoms with Crippen LogP contribution in [-0.2, 0) is 0 Å². The Morgan fingerprint density at radius 3 is 2.63 bits per heavy atom. The first-order chi connectivity index (χ1) is 9.11. The number of halogens is 2. The standard InChI is InChI=1S/C15H15ClINO/c1-2-13(11-5-3-4-6-15(11)19)18-14-8-7-10(17)9-12(14)16/h3-9,13,18-19H,2H2,1H3. The Morgan fingerprint density at radius 2 is 2.00 bits per heavy atom. The smallest absolute Gasteiger partial charge is 0.120 e. The lowest BCUT2D eigenvalue weighted by Crippen LogP contribution is -2.10. The summed E-state index contributed by atoms with van der Waals surface area (Å²) in [6, 6.07) is 13.3. The third kappa shape index (κ3) is 3.54. The number of hydrogen-bond donors (Lipinski definition) is 2. The summed E-state index contributed by atoms with van der Waals surface area (Å²) in [5.41, 5.74) is 1.77. The van der Waals surface area contributed by atoms with Crippen LogP contribution in [0.5, 0.6) is 5.75 Å². The van der Waals surface area contributed by atoms with E-state index >= 15 is 0 Å². The van der Waals surface area contributed by atoms with Crippen molar-refractivity contribution in [3.8, 4) is 5.75 Å². The zero-order valence-electron chi connectivity index (χ0n) is 10.5. The fourth-order valence-electron chi connectivity index (χ4n) is 1.98. The molecule has 0 amide bonds. The van der Waals surface area contributed by atoms with Crippen molar-refractivity contribution < 1.29 is 5.11 Å². The van der Waals surface area contributed by atoms with Gasteiger partial charge in [-0.25, -0.2) is 0 Å². The molecular weight excluding hydrogens is 373 g/mol. The molecule has 0 aliphatic heterocycles. The van der Waals surface area contributed by atoms with Crippen LogP contribution in [0.15, 0.2) is 42.5 Å². The minimum atomic E-state index is 0.0405. The van der Waals surface area contributed by atoms with E-state index in [0.29, 0.717) is 10.8 Å². The summed E-state index contributed by atoms with van der Waals surface area (Å²) in [6.45, 7) is 2.07. The van der Waals surface area contributed by atoms with Crippen molar-refractivity contribution in [3.63, 3.8) is 0 Å². The largest absolute Gasteiger partial charge is 0.508 e. The molecule has 0 heterocycles. The van der Waals surface area contributed by atoms with Crippen molar-refractivity contribution in [2.75, 3.05) is 5.32 Å². The van der Waals surface area contributed by atoms with Crippen molar-refractivity contribution >= 4 is 39.9 Å². The Morgan fingerprint density at radius 1 is 1.26 bits per heavy atom. The van der Waals surface area contributed by atoms with Crippen LogP contribution in [0.2, 0.25) is 5.02 Å². The van der Waals surface area contributed by atoms with Crippen molar-refractivity contribution in [2.45, 2.75) is 19.4 Å². The first-order valence-electron chi connectivity index (χ1n) is 6.11. The van der Waals surface area contributed by atoms with Crippen molar-refractivity contribution in [1.29, 1.82) is 0 Å². The quantitative estimate of drug-likeness (QED) is 0.706. The Balaban J connectivity index is 2.27. The Kier molecular flexibility index (Phi) is 4.93. The molecule has 100 valence electrons. The highest BCUT2D eigenvalue weighted by Crippen LogP contribution is 2.32. The summed E-state index contributed by atoms with van der Waals surface area (Å²) in [5.74, 6) is 0.309. The van der Waals surface area contributed by atoms with Crippen LogP contribution in [0.4, 0.5) is 5.69 Å². The molecule has 2 rings (SSSR count). The lowest BCUT2D eigenvalue weighted by atomic mass is 10.0. The fourth-order valence-corrected chi connectivity index (χ4v) is 2.89. The van der Waals surface area contributed by atoms with Crippen LogP contribution < -0.4 is 5.32 Å². The molecule has 0 aliphatic carbocycles.